The second kappa shape index (κ2) is 8.97. The average molecular weight is 489 g/mol. The van der Waals surface area contributed by atoms with Gasteiger partial charge >= 0.3 is 0 Å². The van der Waals surface area contributed by atoms with Crippen LogP contribution in [0.4, 0.5) is 8.78 Å². The van der Waals surface area contributed by atoms with Crippen LogP contribution < -0.4 is 0 Å². The molecule has 0 spiro atoms. The summed E-state index contributed by atoms with van der Waals surface area (Å²) in [7, 11) is -3.75. The van der Waals surface area contributed by atoms with Gasteiger partial charge in [-0.1, -0.05) is 48.5 Å². The number of likely N-dealkylation sites (tertiary alicyclic amines) is 1. The molecule has 1 fully saturated rings. The first kappa shape index (κ1) is 23.5. The molecule has 33 heavy (non-hydrogen) atoms. The highest BCUT2D eigenvalue weighted by Crippen LogP contribution is 2.30. The minimum absolute atomic E-state index is 0. The monoisotopic (exact) mass is 488 g/mol. The van der Waals surface area contributed by atoms with Crippen LogP contribution in [0.2, 0.25) is 0 Å². The van der Waals surface area contributed by atoms with Gasteiger partial charge in [0.1, 0.15) is 0 Å². The molecular weight excluding hydrogens is 466 g/mol. The van der Waals surface area contributed by atoms with Crippen molar-refractivity contribution in [2.75, 3.05) is 13.1 Å². The van der Waals surface area contributed by atoms with E-state index < -0.39 is 15.8 Å². The predicted molar refractivity (Wildman–Crippen MR) is 128 cm³/mol. The summed E-state index contributed by atoms with van der Waals surface area (Å²) in [5.74, 6) is -2.67. The van der Waals surface area contributed by atoms with E-state index in [1.807, 2.05) is 36.4 Å². The minimum atomic E-state index is -3.75. The first-order valence-corrected chi connectivity index (χ1v) is 12.0. The molecule has 0 amide bonds. The van der Waals surface area contributed by atoms with Crippen molar-refractivity contribution in [3.8, 4) is 0 Å². The largest absolute Gasteiger partial charge is 0.293 e. The molecule has 8 heteroatoms. The lowest BCUT2D eigenvalue weighted by atomic mass is 10.0. The van der Waals surface area contributed by atoms with E-state index in [1.54, 1.807) is 35.2 Å². The van der Waals surface area contributed by atoms with Crippen LogP contribution in [0, 0.1) is 0 Å². The molecular formula is C25H23ClF2N2O2S. The number of alkyl halides is 2. The number of hydrogen-bond acceptors (Lipinski definition) is 4. The number of sulfone groups is 1. The molecule has 0 aliphatic carbocycles. The molecule has 0 atom stereocenters. The number of aromatic nitrogens is 1. The third kappa shape index (κ3) is 4.71. The summed E-state index contributed by atoms with van der Waals surface area (Å²) in [6, 6.07) is 19.7. The summed E-state index contributed by atoms with van der Waals surface area (Å²) in [6.07, 6.45) is 1.74. The Morgan fingerprint density at radius 1 is 0.909 bits per heavy atom. The Hall–Kier alpha value is -2.61. The Morgan fingerprint density at radius 3 is 2.42 bits per heavy atom. The SMILES string of the molecule is Cl.O=S(=O)(c1ccc2ccccc2c1)c1cnc2c(CN3CCCC(F)(F)C3)cccc2c1. The first-order valence-electron chi connectivity index (χ1n) is 10.5. The van der Waals surface area contributed by atoms with E-state index in [9.17, 15) is 17.2 Å². The van der Waals surface area contributed by atoms with Crippen LogP contribution in [0.15, 0.2) is 82.7 Å². The van der Waals surface area contributed by atoms with Crippen molar-refractivity contribution in [3.63, 3.8) is 0 Å². The number of nitrogens with zero attached hydrogens (tertiary/aromatic N) is 2. The zero-order valence-corrected chi connectivity index (χ0v) is 19.4. The molecule has 1 aromatic heterocycles. The third-order valence-electron chi connectivity index (χ3n) is 5.98. The molecule has 4 aromatic rings. The fraction of sp³-hybridized carbons (Fsp3) is 0.240. The van der Waals surface area contributed by atoms with Gasteiger partial charge in [-0.05, 0) is 47.5 Å². The van der Waals surface area contributed by atoms with Crippen molar-refractivity contribution in [1.29, 1.82) is 0 Å². The maximum atomic E-state index is 13.8. The van der Waals surface area contributed by atoms with Crippen LogP contribution in [0.5, 0.6) is 0 Å². The highest BCUT2D eigenvalue weighted by molar-refractivity contribution is 7.91. The molecule has 4 nitrogen and oxygen atoms in total. The van der Waals surface area contributed by atoms with Crippen molar-refractivity contribution in [2.45, 2.75) is 35.1 Å². The Labute approximate surface area is 197 Å². The molecule has 1 saturated heterocycles. The van der Waals surface area contributed by atoms with E-state index in [1.165, 1.54) is 6.20 Å². The summed E-state index contributed by atoms with van der Waals surface area (Å²) in [5, 5.41) is 2.49. The summed E-state index contributed by atoms with van der Waals surface area (Å²) in [5.41, 5.74) is 1.45. The smallest absolute Gasteiger partial charge is 0.260 e. The van der Waals surface area contributed by atoms with E-state index in [4.69, 9.17) is 0 Å². The van der Waals surface area contributed by atoms with Gasteiger partial charge in [-0.25, -0.2) is 17.2 Å². The Morgan fingerprint density at radius 2 is 1.64 bits per heavy atom. The van der Waals surface area contributed by atoms with E-state index in [0.717, 1.165) is 16.3 Å². The molecule has 0 unspecified atom stereocenters. The number of hydrogen-bond donors (Lipinski definition) is 0. The second-order valence-electron chi connectivity index (χ2n) is 8.34. The van der Waals surface area contributed by atoms with E-state index in [2.05, 4.69) is 4.98 Å². The topological polar surface area (TPSA) is 50.3 Å². The zero-order valence-electron chi connectivity index (χ0n) is 17.7. The van der Waals surface area contributed by atoms with Crippen LogP contribution >= 0.6 is 12.4 Å². The lowest BCUT2D eigenvalue weighted by molar-refractivity contribution is -0.0660. The number of piperidine rings is 1. The van der Waals surface area contributed by atoms with Crippen LogP contribution in [0.25, 0.3) is 21.7 Å². The van der Waals surface area contributed by atoms with Gasteiger partial charge in [0.05, 0.1) is 21.9 Å². The van der Waals surface area contributed by atoms with Crippen molar-refractivity contribution >= 4 is 43.9 Å². The zero-order chi connectivity index (χ0) is 22.3. The Balaban J connectivity index is 0.00000259. The standard InChI is InChI=1S/C25H22F2N2O2S.ClH/c26-25(27)11-4-12-29(17-25)16-21-8-3-7-20-14-23(15-28-24(20)21)32(30,31)22-10-9-18-5-1-2-6-19(18)13-22;/h1-3,5-10,13-15H,4,11-12,16-17H2;1H. The number of rotatable bonds is 4. The predicted octanol–water partition coefficient (Wildman–Crippen LogP) is 5.87. The van der Waals surface area contributed by atoms with Crippen molar-refractivity contribution in [1.82, 2.24) is 9.88 Å². The molecule has 0 bridgehead atoms. The fourth-order valence-electron chi connectivity index (χ4n) is 4.37. The first-order chi connectivity index (χ1) is 15.3. The van der Waals surface area contributed by atoms with Gasteiger partial charge in [0.25, 0.3) is 5.92 Å². The number of halogens is 3. The summed E-state index contributed by atoms with van der Waals surface area (Å²) < 4.78 is 54.1. The average Bonchev–Trinajstić information content (AvgIpc) is 2.78. The van der Waals surface area contributed by atoms with Gasteiger partial charge in [-0.2, -0.15) is 0 Å². The van der Waals surface area contributed by atoms with Crippen LogP contribution in [0.3, 0.4) is 0 Å². The number of benzene rings is 3. The molecule has 0 radical (unpaired) electrons. The quantitative estimate of drug-likeness (QED) is 0.360. The Kier molecular flexibility index (Phi) is 6.40. The van der Waals surface area contributed by atoms with Gasteiger partial charge in [0, 0.05) is 24.5 Å². The lowest BCUT2D eigenvalue weighted by Crippen LogP contribution is -2.42. The molecule has 0 saturated carbocycles. The number of pyridine rings is 1. The van der Waals surface area contributed by atoms with Crippen molar-refractivity contribution in [2.24, 2.45) is 0 Å². The molecule has 3 aromatic carbocycles. The van der Waals surface area contributed by atoms with Crippen molar-refractivity contribution in [3.05, 3.63) is 78.5 Å². The van der Waals surface area contributed by atoms with Gasteiger partial charge in [-0.3, -0.25) is 9.88 Å². The maximum Gasteiger partial charge on any atom is 0.260 e. The van der Waals surface area contributed by atoms with Gasteiger partial charge in [-0.15, -0.1) is 12.4 Å². The van der Waals surface area contributed by atoms with Crippen LogP contribution in [-0.2, 0) is 16.4 Å². The van der Waals surface area contributed by atoms with Crippen LogP contribution in [0.1, 0.15) is 18.4 Å². The van der Waals surface area contributed by atoms with E-state index in [0.29, 0.717) is 30.4 Å². The molecule has 172 valence electrons. The Bertz CT molecular complexity index is 1430. The van der Waals surface area contributed by atoms with Gasteiger partial charge in [0.15, 0.2) is 0 Å². The number of fused-ring (bicyclic) bond motifs is 2. The van der Waals surface area contributed by atoms with E-state index >= 15 is 0 Å². The summed E-state index contributed by atoms with van der Waals surface area (Å²) in [4.78, 5) is 6.50. The normalized spacial score (nSPS) is 16.5. The lowest BCUT2D eigenvalue weighted by Gasteiger charge is -2.32. The van der Waals surface area contributed by atoms with Crippen LogP contribution in [-0.4, -0.2) is 37.3 Å². The van der Waals surface area contributed by atoms with Crippen molar-refractivity contribution < 1.29 is 17.2 Å². The molecule has 0 N–H and O–H groups in total. The van der Waals surface area contributed by atoms with Gasteiger partial charge in [0.2, 0.25) is 9.84 Å². The highest BCUT2D eigenvalue weighted by atomic mass is 35.5. The molecule has 5 rings (SSSR count). The number of para-hydroxylation sites is 1. The summed E-state index contributed by atoms with van der Waals surface area (Å²) in [6.45, 7) is 0.703. The molecule has 2 heterocycles. The second-order valence-corrected chi connectivity index (χ2v) is 10.3. The van der Waals surface area contributed by atoms with E-state index in [-0.39, 0.29) is 35.2 Å². The fourth-order valence-corrected chi connectivity index (χ4v) is 5.65. The highest BCUT2D eigenvalue weighted by Gasteiger charge is 2.35. The summed E-state index contributed by atoms with van der Waals surface area (Å²) >= 11 is 0. The third-order valence-corrected chi connectivity index (χ3v) is 7.70. The maximum absolute atomic E-state index is 13.8. The molecule has 1 aliphatic heterocycles. The molecule has 1 aliphatic rings. The van der Waals surface area contributed by atoms with Gasteiger partial charge < -0.3 is 0 Å². The minimum Gasteiger partial charge on any atom is -0.293 e.